The van der Waals surface area contributed by atoms with Crippen LogP contribution in [-0.4, -0.2) is 37.3 Å². The van der Waals surface area contributed by atoms with Gasteiger partial charge in [0.05, 0.1) is 11.4 Å². The highest BCUT2D eigenvalue weighted by atomic mass is 32.2. The van der Waals surface area contributed by atoms with Gasteiger partial charge >= 0.3 is 0 Å². The highest BCUT2D eigenvalue weighted by Crippen LogP contribution is 2.28. The number of nitrogens with zero attached hydrogens (tertiary/aromatic N) is 4. The molecule has 2 aromatic carbocycles. The van der Waals surface area contributed by atoms with Gasteiger partial charge in [0.2, 0.25) is 5.91 Å². The second kappa shape index (κ2) is 10.0. The van der Waals surface area contributed by atoms with E-state index >= 15 is 0 Å². The van der Waals surface area contributed by atoms with Crippen LogP contribution in [-0.2, 0) is 4.79 Å². The first-order valence-electron chi connectivity index (χ1n) is 9.92. The van der Waals surface area contributed by atoms with Crippen molar-refractivity contribution in [3.63, 3.8) is 0 Å². The average molecular weight is 463 g/mol. The molecule has 2 aromatic heterocycles. The van der Waals surface area contributed by atoms with Crippen molar-refractivity contribution in [3.8, 4) is 17.1 Å². The molecule has 33 heavy (non-hydrogen) atoms. The molecule has 0 aliphatic heterocycles. The molecule has 0 aliphatic rings. The number of carbonyl (C=O) groups excluding carboxylic acids is 2. The number of pyridine rings is 1. The minimum Gasteiger partial charge on any atom is -0.272 e. The Labute approximate surface area is 193 Å². The van der Waals surface area contributed by atoms with Gasteiger partial charge in [-0.3, -0.25) is 30.0 Å². The Balaban J connectivity index is 1.48. The first-order chi connectivity index (χ1) is 16.0. The van der Waals surface area contributed by atoms with E-state index in [9.17, 15) is 14.0 Å². The maximum Gasteiger partial charge on any atom is 0.269 e. The molecule has 0 bridgehead atoms. The van der Waals surface area contributed by atoms with Crippen molar-refractivity contribution in [1.29, 1.82) is 0 Å². The summed E-state index contributed by atoms with van der Waals surface area (Å²) in [6, 6.07) is 16.5. The quantitative estimate of drug-likeness (QED) is 0.337. The Bertz CT molecular complexity index is 1280. The summed E-state index contributed by atoms with van der Waals surface area (Å²) in [6.07, 6.45) is 3.38. The lowest BCUT2D eigenvalue weighted by atomic mass is 10.2. The molecule has 0 fully saturated rings. The number of hydrazine groups is 1. The molecule has 0 saturated heterocycles. The van der Waals surface area contributed by atoms with Crippen LogP contribution in [0.5, 0.6) is 0 Å². The average Bonchev–Trinajstić information content (AvgIpc) is 3.26. The van der Waals surface area contributed by atoms with Crippen molar-refractivity contribution in [2.75, 3.05) is 5.75 Å². The number of hydrogen-bond donors (Lipinski definition) is 2. The van der Waals surface area contributed by atoms with Crippen LogP contribution >= 0.6 is 11.8 Å². The Morgan fingerprint density at radius 1 is 1.00 bits per heavy atom. The lowest BCUT2D eigenvalue weighted by Crippen LogP contribution is -2.42. The predicted octanol–water partition coefficient (Wildman–Crippen LogP) is 3.33. The lowest BCUT2D eigenvalue weighted by Gasteiger charge is -2.13. The summed E-state index contributed by atoms with van der Waals surface area (Å²) < 4.78 is 14.9. The topological polar surface area (TPSA) is 102 Å². The van der Waals surface area contributed by atoms with Gasteiger partial charge in [0.15, 0.2) is 11.0 Å². The first-order valence-corrected chi connectivity index (χ1v) is 10.9. The van der Waals surface area contributed by atoms with Crippen LogP contribution < -0.4 is 10.9 Å². The van der Waals surface area contributed by atoms with Gasteiger partial charge in [-0.2, -0.15) is 0 Å². The molecule has 2 heterocycles. The molecule has 2 N–H and O–H groups in total. The van der Waals surface area contributed by atoms with Gasteiger partial charge in [0, 0.05) is 23.5 Å². The van der Waals surface area contributed by atoms with Crippen molar-refractivity contribution >= 4 is 23.6 Å². The maximum absolute atomic E-state index is 13.0. The molecular weight excluding hydrogens is 443 g/mol. The van der Waals surface area contributed by atoms with Crippen LogP contribution in [0.1, 0.15) is 15.9 Å². The van der Waals surface area contributed by atoms with Crippen LogP contribution in [0.25, 0.3) is 17.1 Å². The van der Waals surface area contributed by atoms with Crippen LogP contribution in [0.2, 0.25) is 0 Å². The Morgan fingerprint density at radius 3 is 2.52 bits per heavy atom. The number of carbonyl (C=O) groups is 2. The van der Waals surface area contributed by atoms with E-state index in [4.69, 9.17) is 0 Å². The fraction of sp³-hybridized carbons (Fsp3) is 0.0870. The number of thioether (sulfide) groups is 1. The summed E-state index contributed by atoms with van der Waals surface area (Å²) in [6.45, 7) is 1.98. The molecule has 8 nitrogen and oxygen atoms in total. The number of nitrogens with one attached hydrogen (secondary N) is 2. The number of amides is 2. The van der Waals surface area contributed by atoms with E-state index in [2.05, 4.69) is 26.0 Å². The monoisotopic (exact) mass is 462 g/mol. The molecular formula is C23H19FN6O2S. The highest BCUT2D eigenvalue weighted by molar-refractivity contribution is 7.99. The van der Waals surface area contributed by atoms with Gasteiger partial charge in [-0.25, -0.2) is 4.39 Å². The normalized spacial score (nSPS) is 10.6. The number of rotatable bonds is 6. The number of aryl methyl sites for hydroxylation is 1. The number of hydrogen-bond acceptors (Lipinski definition) is 6. The zero-order valence-electron chi connectivity index (χ0n) is 17.5. The minimum absolute atomic E-state index is 0.0131. The fourth-order valence-corrected chi connectivity index (χ4v) is 3.79. The van der Waals surface area contributed by atoms with E-state index in [1.165, 1.54) is 36.0 Å². The third kappa shape index (κ3) is 5.24. The van der Waals surface area contributed by atoms with E-state index in [0.29, 0.717) is 11.0 Å². The van der Waals surface area contributed by atoms with E-state index < -0.39 is 17.6 Å². The Morgan fingerprint density at radius 2 is 1.79 bits per heavy atom. The smallest absolute Gasteiger partial charge is 0.269 e. The van der Waals surface area contributed by atoms with Crippen molar-refractivity contribution in [3.05, 3.63) is 90.0 Å². The zero-order chi connectivity index (χ0) is 23.2. The highest BCUT2D eigenvalue weighted by Gasteiger charge is 2.18. The maximum atomic E-state index is 13.0. The van der Waals surface area contributed by atoms with E-state index in [1.54, 1.807) is 12.4 Å². The second-order valence-electron chi connectivity index (χ2n) is 6.97. The largest absolute Gasteiger partial charge is 0.272 e. The van der Waals surface area contributed by atoms with Gasteiger partial charge < -0.3 is 0 Å². The van der Waals surface area contributed by atoms with Crippen molar-refractivity contribution in [2.45, 2.75) is 12.1 Å². The molecule has 0 aliphatic carbocycles. The lowest BCUT2D eigenvalue weighted by molar-refractivity contribution is -0.119. The van der Waals surface area contributed by atoms with Gasteiger partial charge in [0.1, 0.15) is 5.82 Å². The third-order valence-corrected chi connectivity index (χ3v) is 5.59. The number of para-hydroxylation sites is 1. The first kappa shape index (κ1) is 22.2. The molecule has 10 heteroatoms. The third-order valence-electron chi connectivity index (χ3n) is 4.66. The predicted molar refractivity (Wildman–Crippen MR) is 122 cm³/mol. The van der Waals surface area contributed by atoms with Gasteiger partial charge in [-0.05, 0) is 55.0 Å². The van der Waals surface area contributed by atoms with E-state index in [-0.39, 0.29) is 11.3 Å². The molecule has 0 spiro atoms. The molecule has 0 saturated carbocycles. The number of aromatic nitrogens is 4. The minimum atomic E-state index is -0.546. The molecule has 0 atom stereocenters. The molecule has 4 aromatic rings. The summed E-state index contributed by atoms with van der Waals surface area (Å²) in [7, 11) is 0. The van der Waals surface area contributed by atoms with E-state index in [1.807, 2.05) is 47.9 Å². The van der Waals surface area contributed by atoms with Crippen LogP contribution in [0, 0.1) is 12.7 Å². The van der Waals surface area contributed by atoms with Crippen molar-refractivity contribution in [2.24, 2.45) is 0 Å². The molecule has 166 valence electrons. The summed E-state index contributed by atoms with van der Waals surface area (Å²) in [5.74, 6) is -0.839. The molecule has 0 unspecified atom stereocenters. The van der Waals surface area contributed by atoms with E-state index in [0.717, 1.165) is 16.8 Å². The van der Waals surface area contributed by atoms with Crippen LogP contribution in [0.15, 0.2) is 78.2 Å². The zero-order valence-corrected chi connectivity index (χ0v) is 18.3. The Hall–Kier alpha value is -4.05. The summed E-state index contributed by atoms with van der Waals surface area (Å²) in [5.41, 5.74) is 7.58. The van der Waals surface area contributed by atoms with Gasteiger partial charge in [-0.1, -0.05) is 30.0 Å². The standard InChI is InChI=1S/C23H19FN6O2S/c1-15-5-2-3-7-19(15)30-21(17-6-4-12-25-13-17)27-29-23(30)33-14-20(31)26-28-22(32)16-8-10-18(24)11-9-16/h2-13H,14H2,1H3,(H,26,31)(H,28,32). The molecule has 4 rings (SSSR count). The van der Waals surface area contributed by atoms with Crippen LogP contribution in [0.4, 0.5) is 4.39 Å². The van der Waals surface area contributed by atoms with Crippen molar-refractivity contribution in [1.82, 2.24) is 30.6 Å². The SMILES string of the molecule is Cc1ccccc1-n1c(SCC(=O)NNC(=O)c2ccc(F)cc2)nnc1-c1cccnc1. The number of benzene rings is 2. The summed E-state index contributed by atoms with van der Waals surface area (Å²) in [5, 5.41) is 9.12. The fourth-order valence-electron chi connectivity index (χ4n) is 3.04. The van der Waals surface area contributed by atoms with Crippen molar-refractivity contribution < 1.29 is 14.0 Å². The number of halogens is 1. The van der Waals surface area contributed by atoms with Gasteiger partial charge in [0.25, 0.3) is 5.91 Å². The van der Waals surface area contributed by atoms with Gasteiger partial charge in [-0.15, -0.1) is 10.2 Å². The van der Waals surface area contributed by atoms with Crippen LogP contribution in [0.3, 0.4) is 0 Å². The molecule has 0 radical (unpaired) electrons. The second-order valence-corrected chi connectivity index (χ2v) is 7.91. The Kier molecular flexibility index (Phi) is 6.75. The molecule has 2 amide bonds. The summed E-state index contributed by atoms with van der Waals surface area (Å²) in [4.78, 5) is 28.6. The summed E-state index contributed by atoms with van der Waals surface area (Å²) >= 11 is 1.18.